The number of ether oxygens (including phenoxy) is 1. The molecule has 0 aromatic heterocycles. The topological polar surface area (TPSA) is 60.4 Å². The summed E-state index contributed by atoms with van der Waals surface area (Å²) in [6, 6.07) is 5.79. The van der Waals surface area contributed by atoms with Crippen LogP contribution in [0.15, 0.2) is 29.2 Å². The zero-order chi connectivity index (χ0) is 15.7. The largest absolute Gasteiger partial charge is 0.462 e. The molecule has 1 rings (SSSR count). The summed E-state index contributed by atoms with van der Waals surface area (Å²) in [6.07, 6.45) is 6.52. The van der Waals surface area contributed by atoms with Crippen molar-refractivity contribution in [2.24, 2.45) is 0 Å². The maximum absolute atomic E-state index is 11.9. The second-order valence-electron chi connectivity index (χ2n) is 4.84. The second kappa shape index (κ2) is 9.05. The minimum absolute atomic E-state index is 0.0153. The Kier molecular flexibility index (Phi) is 7.75. The Morgan fingerprint density at radius 3 is 2.38 bits per heavy atom. The molecule has 21 heavy (non-hydrogen) atoms. The first-order valence-corrected chi connectivity index (χ1v) is 9.48. The Balaban J connectivity index is 2.47. The van der Waals surface area contributed by atoms with Crippen LogP contribution in [0.25, 0.3) is 0 Å². The van der Waals surface area contributed by atoms with Gasteiger partial charge in [0.25, 0.3) is 9.05 Å². The van der Waals surface area contributed by atoms with Gasteiger partial charge in [-0.2, -0.15) is 0 Å². The summed E-state index contributed by atoms with van der Waals surface area (Å²) in [6.45, 7) is 2.45. The van der Waals surface area contributed by atoms with Gasteiger partial charge in [0, 0.05) is 10.7 Å². The van der Waals surface area contributed by atoms with Crippen molar-refractivity contribution in [1.82, 2.24) is 0 Å². The van der Waals surface area contributed by atoms with Gasteiger partial charge >= 0.3 is 5.97 Å². The number of rotatable bonds is 9. The molecule has 4 nitrogen and oxygen atoms in total. The van der Waals surface area contributed by atoms with Crippen molar-refractivity contribution in [3.8, 4) is 0 Å². The molecule has 0 radical (unpaired) electrons. The van der Waals surface area contributed by atoms with Crippen LogP contribution >= 0.6 is 10.7 Å². The molecule has 0 saturated heterocycles. The van der Waals surface area contributed by atoms with Crippen LogP contribution in [0.3, 0.4) is 0 Å². The number of esters is 1. The van der Waals surface area contributed by atoms with Crippen LogP contribution in [-0.4, -0.2) is 21.0 Å². The molecule has 0 saturated carbocycles. The molecule has 0 spiro atoms. The minimum Gasteiger partial charge on any atom is -0.462 e. The Morgan fingerprint density at radius 2 is 1.71 bits per heavy atom. The van der Waals surface area contributed by atoms with Crippen LogP contribution in [0.4, 0.5) is 0 Å². The third kappa shape index (κ3) is 6.48. The fourth-order valence-corrected chi connectivity index (χ4v) is 3.03. The van der Waals surface area contributed by atoms with Gasteiger partial charge in [0.05, 0.1) is 17.1 Å². The van der Waals surface area contributed by atoms with Crippen molar-refractivity contribution in [2.45, 2.75) is 50.3 Å². The predicted molar refractivity (Wildman–Crippen MR) is 83.1 cm³/mol. The van der Waals surface area contributed by atoms with Gasteiger partial charge in [-0.3, -0.25) is 0 Å². The molecule has 0 aliphatic heterocycles. The average molecular weight is 333 g/mol. The monoisotopic (exact) mass is 332 g/mol. The van der Waals surface area contributed by atoms with E-state index in [-0.39, 0.29) is 10.5 Å². The smallest absolute Gasteiger partial charge is 0.339 e. The maximum Gasteiger partial charge on any atom is 0.339 e. The van der Waals surface area contributed by atoms with Crippen LogP contribution in [-0.2, 0) is 13.8 Å². The molecule has 0 N–H and O–H groups in total. The van der Waals surface area contributed by atoms with Gasteiger partial charge in [-0.25, -0.2) is 13.2 Å². The summed E-state index contributed by atoms with van der Waals surface area (Å²) in [5.41, 5.74) is -0.0153. The van der Waals surface area contributed by atoms with Crippen molar-refractivity contribution in [3.63, 3.8) is 0 Å². The van der Waals surface area contributed by atoms with Gasteiger partial charge in [-0.05, 0) is 18.6 Å². The van der Waals surface area contributed by atoms with Crippen LogP contribution in [0.2, 0.25) is 0 Å². The molecule has 0 aliphatic rings. The summed E-state index contributed by atoms with van der Waals surface area (Å²) in [7, 11) is 1.35. The highest BCUT2D eigenvalue weighted by Gasteiger charge is 2.20. The lowest BCUT2D eigenvalue weighted by molar-refractivity contribution is 0.0493. The molecule has 118 valence electrons. The van der Waals surface area contributed by atoms with E-state index in [2.05, 4.69) is 6.92 Å². The molecule has 0 fully saturated rings. The SMILES string of the molecule is CCCCCCCCOC(=O)c1ccccc1S(=O)(=O)Cl. The third-order valence-corrected chi connectivity index (χ3v) is 4.48. The van der Waals surface area contributed by atoms with Gasteiger partial charge in [-0.15, -0.1) is 0 Å². The molecule has 1 aromatic carbocycles. The number of carbonyl (C=O) groups excluding carboxylic acids is 1. The molecule has 1 aromatic rings. The van der Waals surface area contributed by atoms with Crippen molar-refractivity contribution >= 4 is 25.7 Å². The van der Waals surface area contributed by atoms with Crippen LogP contribution in [0, 0.1) is 0 Å². The third-order valence-electron chi connectivity index (χ3n) is 3.10. The predicted octanol–water partition coefficient (Wildman–Crippen LogP) is 4.13. The number of carbonyl (C=O) groups is 1. The zero-order valence-electron chi connectivity index (χ0n) is 12.2. The Bertz CT molecular complexity index is 555. The normalized spacial score (nSPS) is 11.3. The number of halogens is 1. The van der Waals surface area contributed by atoms with Crippen molar-refractivity contribution in [1.29, 1.82) is 0 Å². The van der Waals surface area contributed by atoms with Gasteiger partial charge in [0.2, 0.25) is 0 Å². The maximum atomic E-state index is 11.9. The first-order chi connectivity index (χ1) is 9.96. The van der Waals surface area contributed by atoms with Crippen LogP contribution in [0.5, 0.6) is 0 Å². The van der Waals surface area contributed by atoms with E-state index in [4.69, 9.17) is 15.4 Å². The highest BCUT2D eigenvalue weighted by molar-refractivity contribution is 8.13. The number of hydrogen-bond acceptors (Lipinski definition) is 4. The molecule has 0 aliphatic carbocycles. The lowest BCUT2D eigenvalue weighted by atomic mass is 10.1. The second-order valence-corrected chi connectivity index (χ2v) is 7.37. The lowest BCUT2D eigenvalue weighted by Gasteiger charge is -2.07. The summed E-state index contributed by atoms with van der Waals surface area (Å²) < 4.78 is 27.9. The Hall–Kier alpha value is -1.07. The van der Waals surface area contributed by atoms with Crippen LogP contribution in [0.1, 0.15) is 55.8 Å². The fraction of sp³-hybridized carbons (Fsp3) is 0.533. The summed E-state index contributed by atoms with van der Waals surface area (Å²) in [5, 5.41) is 0. The van der Waals surface area contributed by atoms with E-state index in [9.17, 15) is 13.2 Å². The molecule has 0 heterocycles. The van der Waals surface area contributed by atoms with E-state index in [1.807, 2.05) is 0 Å². The first kappa shape index (κ1) is 18.0. The van der Waals surface area contributed by atoms with Crippen molar-refractivity contribution in [2.75, 3.05) is 6.61 Å². The minimum atomic E-state index is -3.95. The molecule has 0 unspecified atom stereocenters. The quantitative estimate of drug-likeness (QED) is 0.387. The van der Waals surface area contributed by atoms with E-state index in [1.54, 1.807) is 6.07 Å². The van der Waals surface area contributed by atoms with Gasteiger partial charge in [0.15, 0.2) is 0 Å². The van der Waals surface area contributed by atoms with Crippen molar-refractivity contribution < 1.29 is 17.9 Å². The molecular formula is C15H21ClO4S. The van der Waals surface area contributed by atoms with E-state index in [0.29, 0.717) is 6.61 Å². The first-order valence-electron chi connectivity index (χ1n) is 7.17. The van der Waals surface area contributed by atoms with E-state index in [0.717, 1.165) is 19.3 Å². The molecule has 0 atom stereocenters. The standard InChI is InChI=1S/C15H21ClO4S/c1-2-3-4-5-6-9-12-20-15(17)13-10-7-8-11-14(13)21(16,18)19/h7-8,10-11H,2-6,9,12H2,1H3. The van der Waals surface area contributed by atoms with Crippen LogP contribution < -0.4 is 0 Å². The van der Waals surface area contributed by atoms with E-state index >= 15 is 0 Å². The summed E-state index contributed by atoms with van der Waals surface area (Å²) >= 11 is 0. The Morgan fingerprint density at radius 1 is 1.10 bits per heavy atom. The van der Waals surface area contributed by atoms with Crippen molar-refractivity contribution in [3.05, 3.63) is 29.8 Å². The average Bonchev–Trinajstić information content (AvgIpc) is 2.45. The zero-order valence-corrected chi connectivity index (χ0v) is 13.8. The highest BCUT2D eigenvalue weighted by atomic mass is 35.7. The van der Waals surface area contributed by atoms with E-state index < -0.39 is 15.0 Å². The highest BCUT2D eigenvalue weighted by Crippen LogP contribution is 2.20. The summed E-state index contributed by atoms with van der Waals surface area (Å²) in [4.78, 5) is 11.7. The summed E-state index contributed by atoms with van der Waals surface area (Å²) in [5.74, 6) is -0.650. The van der Waals surface area contributed by atoms with Gasteiger partial charge in [0.1, 0.15) is 0 Å². The van der Waals surface area contributed by atoms with E-state index in [1.165, 1.54) is 37.5 Å². The molecule has 6 heteroatoms. The molecular weight excluding hydrogens is 312 g/mol. The van der Waals surface area contributed by atoms with Gasteiger partial charge in [-0.1, -0.05) is 51.2 Å². The number of benzene rings is 1. The van der Waals surface area contributed by atoms with Gasteiger partial charge < -0.3 is 4.74 Å². The Labute approximate surface area is 130 Å². The number of unbranched alkanes of at least 4 members (excludes halogenated alkanes) is 5. The lowest BCUT2D eigenvalue weighted by Crippen LogP contribution is -2.10. The fourth-order valence-electron chi connectivity index (χ4n) is 1.97. The molecule has 0 amide bonds. The number of hydrogen-bond donors (Lipinski definition) is 0. The molecule has 0 bridgehead atoms.